The normalized spacial score (nSPS) is 12.5. The van der Waals surface area contributed by atoms with Gasteiger partial charge in [0.1, 0.15) is 11.6 Å². The number of nitrogens with one attached hydrogen (secondary N) is 2. The number of hydrogen-bond donors (Lipinski definition) is 2. The van der Waals surface area contributed by atoms with Gasteiger partial charge in [-0.25, -0.2) is 10.2 Å². The van der Waals surface area contributed by atoms with Crippen molar-refractivity contribution in [3.8, 4) is 11.5 Å². The van der Waals surface area contributed by atoms with E-state index in [2.05, 4.69) is 15.8 Å². The van der Waals surface area contributed by atoms with Gasteiger partial charge < -0.3 is 19.5 Å². The Balaban J connectivity index is 1.41. The summed E-state index contributed by atoms with van der Waals surface area (Å²) in [5, 5.41) is 7.53. The number of carbonyl (C=O) groups is 3. The third-order valence-electron chi connectivity index (χ3n) is 6.08. The molecule has 11 heteroatoms. The average Bonchev–Trinajstić information content (AvgIpc) is 3.52. The van der Waals surface area contributed by atoms with Crippen LogP contribution >= 0.6 is 22.9 Å². The maximum Gasteiger partial charge on any atom is 0.341 e. The second-order valence-electron chi connectivity index (χ2n) is 8.62. The Hall–Kier alpha value is -3.89. The number of amides is 2. The number of fused-ring (bicyclic) bond motifs is 1. The molecule has 204 valence electrons. The van der Waals surface area contributed by atoms with E-state index in [1.807, 2.05) is 18.2 Å². The SMILES string of the molecule is CCOC(=O)c1c(NC(=O)C(=O)N/N=C(\C)c2ccc(OCc3ccccc3Cl)c(OC)c2)sc2c1CCC2. The zero-order valence-electron chi connectivity index (χ0n) is 21.8. The molecule has 39 heavy (non-hydrogen) atoms. The molecule has 0 saturated carbocycles. The van der Waals surface area contributed by atoms with Crippen LogP contribution in [-0.2, 0) is 33.8 Å². The molecule has 0 atom stereocenters. The molecule has 0 spiro atoms. The fraction of sp³-hybridized carbons (Fsp3) is 0.286. The first-order chi connectivity index (χ1) is 18.8. The van der Waals surface area contributed by atoms with Crippen molar-refractivity contribution < 1.29 is 28.6 Å². The van der Waals surface area contributed by atoms with Crippen LogP contribution in [0.4, 0.5) is 5.00 Å². The monoisotopic (exact) mass is 569 g/mol. The Morgan fingerprint density at radius 1 is 1.08 bits per heavy atom. The molecule has 2 amide bonds. The van der Waals surface area contributed by atoms with E-state index in [-0.39, 0.29) is 13.2 Å². The van der Waals surface area contributed by atoms with Crippen molar-refractivity contribution in [3.63, 3.8) is 0 Å². The Morgan fingerprint density at radius 3 is 2.62 bits per heavy atom. The van der Waals surface area contributed by atoms with Crippen LogP contribution in [0.25, 0.3) is 0 Å². The third kappa shape index (κ3) is 6.58. The molecule has 2 N–H and O–H groups in total. The number of esters is 1. The Bertz CT molecular complexity index is 1430. The molecule has 1 aliphatic rings. The minimum Gasteiger partial charge on any atom is -0.493 e. The topological polar surface area (TPSA) is 115 Å². The number of aryl methyl sites for hydroxylation is 1. The molecule has 0 bridgehead atoms. The number of benzene rings is 2. The molecule has 2 aromatic carbocycles. The maximum atomic E-state index is 12.6. The number of ether oxygens (including phenoxy) is 3. The molecule has 1 heterocycles. The minimum atomic E-state index is -0.968. The lowest BCUT2D eigenvalue weighted by atomic mass is 10.1. The predicted octanol–water partition coefficient (Wildman–Crippen LogP) is 5.13. The van der Waals surface area contributed by atoms with E-state index in [0.717, 1.165) is 35.3 Å². The lowest BCUT2D eigenvalue weighted by Gasteiger charge is -2.13. The number of nitrogens with zero attached hydrogens (tertiary/aromatic N) is 1. The predicted molar refractivity (Wildman–Crippen MR) is 150 cm³/mol. The summed E-state index contributed by atoms with van der Waals surface area (Å²) in [7, 11) is 1.52. The van der Waals surface area contributed by atoms with Gasteiger partial charge in [0.15, 0.2) is 11.5 Å². The van der Waals surface area contributed by atoms with Crippen molar-refractivity contribution in [1.82, 2.24) is 5.43 Å². The molecular weight excluding hydrogens is 542 g/mol. The van der Waals surface area contributed by atoms with Gasteiger partial charge in [0.05, 0.1) is 25.0 Å². The van der Waals surface area contributed by atoms with E-state index in [1.54, 1.807) is 38.1 Å². The van der Waals surface area contributed by atoms with Crippen LogP contribution in [0.3, 0.4) is 0 Å². The number of hydrazone groups is 1. The van der Waals surface area contributed by atoms with E-state index in [1.165, 1.54) is 18.4 Å². The standard InChI is InChI=1S/C28H28ClN3O6S/c1-4-37-28(35)24-19-9-7-11-23(19)39-27(24)30-25(33)26(34)32-31-16(2)17-12-13-21(22(14-17)36-3)38-15-18-8-5-6-10-20(18)29/h5-6,8,10,12-14H,4,7,9,11,15H2,1-3H3,(H,30,33)(H,32,34)/b31-16+. The number of anilines is 1. The lowest BCUT2D eigenvalue weighted by molar-refractivity contribution is -0.136. The van der Waals surface area contributed by atoms with E-state index in [9.17, 15) is 14.4 Å². The Labute approximate surface area is 235 Å². The van der Waals surface area contributed by atoms with Crippen molar-refractivity contribution in [2.24, 2.45) is 5.10 Å². The number of hydrogen-bond acceptors (Lipinski definition) is 8. The van der Waals surface area contributed by atoms with Crippen molar-refractivity contribution in [2.75, 3.05) is 19.0 Å². The average molecular weight is 570 g/mol. The summed E-state index contributed by atoms with van der Waals surface area (Å²) in [5.74, 6) is -1.43. The molecule has 0 radical (unpaired) electrons. The van der Waals surface area contributed by atoms with E-state index >= 15 is 0 Å². The number of carbonyl (C=O) groups excluding carboxylic acids is 3. The van der Waals surface area contributed by atoms with E-state index in [0.29, 0.717) is 38.4 Å². The van der Waals surface area contributed by atoms with Gasteiger partial charge in [-0.15, -0.1) is 11.3 Å². The quantitative estimate of drug-likeness (QED) is 0.160. The number of halogens is 1. The molecule has 3 aromatic rings. The van der Waals surface area contributed by atoms with Gasteiger partial charge in [0, 0.05) is 21.0 Å². The van der Waals surface area contributed by atoms with Crippen molar-refractivity contribution in [2.45, 2.75) is 39.7 Å². The lowest BCUT2D eigenvalue weighted by Crippen LogP contribution is -2.33. The van der Waals surface area contributed by atoms with Gasteiger partial charge >= 0.3 is 17.8 Å². The van der Waals surface area contributed by atoms with Gasteiger partial charge in [-0.2, -0.15) is 5.10 Å². The third-order valence-corrected chi connectivity index (χ3v) is 7.66. The highest BCUT2D eigenvalue weighted by Gasteiger charge is 2.29. The molecule has 0 unspecified atom stereocenters. The van der Waals surface area contributed by atoms with Gasteiger partial charge in [0.25, 0.3) is 0 Å². The van der Waals surface area contributed by atoms with E-state index < -0.39 is 17.8 Å². The first kappa shape index (κ1) is 28.1. The number of rotatable bonds is 9. The highest BCUT2D eigenvalue weighted by Crippen LogP contribution is 2.39. The van der Waals surface area contributed by atoms with Crippen LogP contribution in [0, 0.1) is 0 Å². The number of methoxy groups -OCH3 is 1. The van der Waals surface area contributed by atoms with Crippen LogP contribution in [0.15, 0.2) is 47.6 Å². The minimum absolute atomic E-state index is 0.213. The second-order valence-corrected chi connectivity index (χ2v) is 10.1. The zero-order valence-corrected chi connectivity index (χ0v) is 23.3. The van der Waals surface area contributed by atoms with Crippen molar-refractivity contribution >= 4 is 51.4 Å². The van der Waals surface area contributed by atoms with Crippen LogP contribution in [-0.4, -0.2) is 37.2 Å². The summed E-state index contributed by atoms with van der Waals surface area (Å²) in [6.07, 6.45) is 2.50. The van der Waals surface area contributed by atoms with E-state index in [4.69, 9.17) is 25.8 Å². The second kappa shape index (κ2) is 12.8. The summed E-state index contributed by atoms with van der Waals surface area (Å²) >= 11 is 7.50. The van der Waals surface area contributed by atoms with Crippen LogP contribution < -0.4 is 20.2 Å². The van der Waals surface area contributed by atoms with Gasteiger partial charge in [-0.05, 0) is 62.9 Å². The molecular formula is C28H28ClN3O6S. The molecule has 1 aliphatic carbocycles. The molecule has 0 saturated heterocycles. The van der Waals surface area contributed by atoms with Crippen molar-refractivity contribution in [3.05, 3.63) is 74.6 Å². The Kier molecular flexibility index (Phi) is 9.21. The van der Waals surface area contributed by atoms with Gasteiger partial charge in [-0.1, -0.05) is 29.8 Å². The number of thiophene rings is 1. The molecule has 1 aromatic heterocycles. The molecule has 0 aliphatic heterocycles. The highest BCUT2D eigenvalue weighted by molar-refractivity contribution is 7.17. The maximum absolute atomic E-state index is 12.6. The molecule has 0 fully saturated rings. The van der Waals surface area contributed by atoms with Gasteiger partial charge in [-0.3, -0.25) is 9.59 Å². The first-order valence-electron chi connectivity index (χ1n) is 12.3. The summed E-state index contributed by atoms with van der Waals surface area (Å²) in [5.41, 5.74) is 5.41. The fourth-order valence-electron chi connectivity index (χ4n) is 4.10. The summed E-state index contributed by atoms with van der Waals surface area (Å²) in [6.45, 7) is 3.87. The fourth-order valence-corrected chi connectivity index (χ4v) is 5.57. The van der Waals surface area contributed by atoms with Crippen LogP contribution in [0.1, 0.15) is 52.2 Å². The summed E-state index contributed by atoms with van der Waals surface area (Å²) in [6, 6.07) is 12.6. The van der Waals surface area contributed by atoms with Gasteiger partial charge in [0.2, 0.25) is 0 Å². The summed E-state index contributed by atoms with van der Waals surface area (Å²) in [4.78, 5) is 38.6. The smallest absolute Gasteiger partial charge is 0.341 e. The highest BCUT2D eigenvalue weighted by atomic mass is 35.5. The van der Waals surface area contributed by atoms with Crippen LogP contribution in [0.5, 0.6) is 11.5 Å². The van der Waals surface area contributed by atoms with Crippen molar-refractivity contribution in [1.29, 1.82) is 0 Å². The largest absolute Gasteiger partial charge is 0.493 e. The molecule has 4 rings (SSSR count). The zero-order chi connectivity index (χ0) is 27.9. The first-order valence-corrected chi connectivity index (χ1v) is 13.5. The Morgan fingerprint density at radius 2 is 1.87 bits per heavy atom. The molecule has 9 nitrogen and oxygen atoms in total. The summed E-state index contributed by atoms with van der Waals surface area (Å²) < 4.78 is 16.5. The van der Waals surface area contributed by atoms with Crippen LogP contribution in [0.2, 0.25) is 5.02 Å².